The lowest BCUT2D eigenvalue weighted by molar-refractivity contribution is 0.290. The van der Waals surface area contributed by atoms with Crippen molar-refractivity contribution in [3.05, 3.63) is 29.3 Å². The fourth-order valence-corrected chi connectivity index (χ4v) is 1.79. The fourth-order valence-electron chi connectivity index (χ4n) is 1.79. The quantitative estimate of drug-likeness (QED) is 0.799. The third-order valence-corrected chi connectivity index (χ3v) is 2.77. The topological polar surface area (TPSA) is 21.3 Å². The van der Waals surface area contributed by atoms with Gasteiger partial charge in [-0.05, 0) is 56.9 Å². The van der Waals surface area contributed by atoms with Crippen molar-refractivity contribution in [2.75, 3.05) is 13.2 Å². The second kappa shape index (κ2) is 6.24. The smallest absolute Gasteiger partial charge is 0.119 e. The molecule has 2 nitrogen and oxygen atoms in total. The molecule has 0 aromatic heterocycles. The zero-order valence-corrected chi connectivity index (χ0v) is 12.6. The van der Waals surface area contributed by atoms with Crippen molar-refractivity contribution in [3.63, 3.8) is 0 Å². The Balaban J connectivity index is 2.52. The number of nitrogens with one attached hydrogen (secondary N) is 1. The van der Waals surface area contributed by atoms with Crippen molar-refractivity contribution in [1.29, 1.82) is 0 Å². The van der Waals surface area contributed by atoms with Gasteiger partial charge < -0.3 is 10.1 Å². The standard InChI is InChI=1S/C16H27NO/c1-12(2)14-9-13(3)10-15(11-14)18-8-7-17-16(4,5)6/h9-12,17H,7-8H2,1-6H3. The molecule has 1 N–H and O–H groups in total. The summed E-state index contributed by atoms with van der Waals surface area (Å²) in [5.41, 5.74) is 2.76. The van der Waals surface area contributed by atoms with Crippen LogP contribution in [0.15, 0.2) is 18.2 Å². The molecule has 0 amide bonds. The first-order valence-corrected chi connectivity index (χ1v) is 6.77. The van der Waals surface area contributed by atoms with E-state index in [0.29, 0.717) is 12.5 Å². The summed E-state index contributed by atoms with van der Waals surface area (Å²) >= 11 is 0. The lowest BCUT2D eigenvalue weighted by atomic mass is 10.0. The van der Waals surface area contributed by atoms with E-state index in [1.165, 1.54) is 11.1 Å². The van der Waals surface area contributed by atoms with E-state index in [1.807, 2.05) is 0 Å². The lowest BCUT2D eigenvalue weighted by Gasteiger charge is -2.20. The molecule has 0 aliphatic carbocycles. The van der Waals surface area contributed by atoms with Gasteiger partial charge >= 0.3 is 0 Å². The summed E-state index contributed by atoms with van der Waals surface area (Å²) < 4.78 is 5.81. The third-order valence-electron chi connectivity index (χ3n) is 2.77. The van der Waals surface area contributed by atoms with Gasteiger partial charge in [0.2, 0.25) is 0 Å². The molecule has 0 saturated heterocycles. The van der Waals surface area contributed by atoms with Crippen LogP contribution >= 0.6 is 0 Å². The van der Waals surface area contributed by atoms with E-state index < -0.39 is 0 Å². The number of ether oxygens (including phenoxy) is 1. The van der Waals surface area contributed by atoms with Crippen molar-refractivity contribution < 1.29 is 4.74 Å². The molecule has 0 unspecified atom stereocenters. The van der Waals surface area contributed by atoms with Crippen LogP contribution in [0.4, 0.5) is 0 Å². The Hall–Kier alpha value is -1.02. The zero-order chi connectivity index (χ0) is 13.8. The Labute approximate surface area is 112 Å². The fraction of sp³-hybridized carbons (Fsp3) is 0.625. The van der Waals surface area contributed by atoms with Crippen LogP contribution in [-0.2, 0) is 0 Å². The van der Waals surface area contributed by atoms with E-state index >= 15 is 0 Å². The first kappa shape index (κ1) is 15.0. The van der Waals surface area contributed by atoms with Gasteiger partial charge in [0.25, 0.3) is 0 Å². The second-order valence-electron chi connectivity index (χ2n) is 6.26. The number of aryl methyl sites for hydroxylation is 1. The molecule has 0 fully saturated rings. The van der Waals surface area contributed by atoms with E-state index in [4.69, 9.17) is 4.74 Å². The van der Waals surface area contributed by atoms with Crippen molar-refractivity contribution in [3.8, 4) is 5.75 Å². The number of hydrogen-bond acceptors (Lipinski definition) is 2. The van der Waals surface area contributed by atoms with Crippen LogP contribution in [0, 0.1) is 6.92 Å². The van der Waals surface area contributed by atoms with E-state index in [1.54, 1.807) is 0 Å². The molecule has 2 heteroatoms. The normalized spacial score (nSPS) is 11.9. The van der Waals surface area contributed by atoms with Crippen molar-refractivity contribution >= 4 is 0 Å². The van der Waals surface area contributed by atoms with Crippen LogP contribution in [-0.4, -0.2) is 18.7 Å². The first-order valence-electron chi connectivity index (χ1n) is 6.77. The molecule has 0 heterocycles. The highest BCUT2D eigenvalue weighted by atomic mass is 16.5. The molecule has 102 valence electrons. The molecule has 0 atom stereocenters. The second-order valence-corrected chi connectivity index (χ2v) is 6.26. The maximum Gasteiger partial charge on any atom is 0.119 e. The number of hydrogen-bond donors (Lipinski definition) is 1. The van der Waals surface area contributed by atoms with Gasteiger partial charge in [0.15, 0.2) is 0 Å². The molecular formula is C16H27NO. The first-order chi connectivity index (χ1) is 8.28. The summed E-state index contributed by atoms with van der Waals surface area (Å²) in [5.74, 6) is 1.52. The van der Waals surface area contributed by atoms with E-state index in [0.717, 1.165) is 12.3 Å². The van der Waals surface area contributed by atoms with Crippen LogP contribution in [0.1, 0.15) is 51.7 Å². The van der Waals surface area contributed by atoms with Crippen LogP contribution in [0.3, 0.4) is 0 Å². The van der Waals surface area contributed by atoms with Gasteiger partial charge in [-0.15, -0.1) is 0 Å². The number of benzene rings is 1. The summed E-state index contributed by atoms with van der Waals surface area (Å²) in [5, 5.41) is 3.42. The van der Waals surface area contributed by atoms with E-state index in [9.17, 15) is 0 Å². The zero-order valence-electron chi connectivity index (χ0n) is 12.6. The SMILES string of the molecule is Cc1cc(OCCNC(C)(C)C)cc(C(C)C)c1. The lowest BCUT2D eigenvalue weighted by Crippen LogP contribution is -2.38. The Bertz CT molecular complexity index is 377. The monoisotopic (exact) mass is 249 g/mol. The number of rotatable bonds is 5. The van der Waals surface area contributed by atoms with Gasteiger partial charge in [0, 0.05) is 12.1 Å². The summed E-state index contributed by atoms with van der Waals surface area (Å²) in [6, 6.07) is 6.47. The molecule has 0 aliphatic heterocycles. The Morgan fingerprint density at radius 3 is 2.39 bits per heavy atom. The van der Waals surface area contributed by atoms with Gasteiger partial charge in [-0.3, -0.25) is 0 Å². The van der Waals surface area contributed by atoms with Gasteiger partial charge in [-0.2, -0.15) is 0 Å². The summed E-state index contributed by atoms with van der Waals surface area (Å²) in [6.45, 7) is 14.6. The molecule has 0 saturated carbocycles. The average Bonchev–Trinajstić information content (AvgIpc) is 2.22. The molecule has 18 heavy (non-hydrogen) atoms. The van der Waals surface area contributed by atoms with Crippen LogP contribution < -0.4 is 10.1 Å². The molecule has 1 rings (SSSR count). The summed E-state index contributed by atoms with van der Waals surface area (Å²) in [7, 11) is 0. The maximum atomic E-state index is 5.81. The van der Waals surface area contributed by atoms with Crippen molar-refractivity contribution in [1.82, 2.24) is 5.32 Å². The minimum Gasteiger partial charge on any atom is -0.492 e. The highest BCUT2D eigenvalue weighted by Crippen LogP contribution is 2.22. The minimum absolute atomic E-state index is 0.152. The Morgan fingerprint density at radius 1 is 1.17 bits per heavy atom. The largest absolute Gasteiger partial charge is 0.492 e. The molecular weight excluding hydrogens is 222 g/mol. The van der Waals surface area contributed by atoms with Gasteiger partial charge in [0.1, 0.15) is 12.4 Å². The van der Waals surface area contributed by atoms with Gasteiger partial charge in [-0.1, -0.05) is 19.9 Å². The van der Waals surface area contributed by atoms with E-state index in [-0.39, 0.29) is 5.54 Å². The van der Waals surface area contributed by atoms with Crippen molar-refractivity contribution in [2.24, 2.45) is 0 Å². The van der Waals surface area contributed by atoms with Crippen LogP contribution in [0.5, 0.6) is 5.75 Å². The van der Waals surface area contributed by atoms with Crippen LogP contribution in [0.25, 0.3) is 0 Å². The third kappa shape index (κ3) is 5.54. The van der Waals surface area contributed by atoms with Gasteiger partial charge in [-0.25, -0.2) is 0 Å². The molecule has 0 spiro atoms. The Kier molecular flexibility index (Phi) is 5.21. The minimum atomic E-state index is 0.152. The maximum absolute atomic E-state index is 5.81. The average molecular weight is 249 g/mol. The predicted molar refractivity (Wildman–Crippen MR) is 78.5 cm³/mol. The van der Waals surface area contributed by atoms with Gasteiger partial charge in [0.05, 0.1) is 0 Å². The van der Waals surface area contributed by atoms with Crippen LogP contribution in [0.2, 0.25) is 0 Å². The highest BCUT2D eigenvalue weighted by Gasteiger charge is 2.08. The van der Waals surface area contributed by atoms with E-state index in [2.05, 4.69) is 65.1 Å². The summed E-state index contributed by atoms with van der Waals surface area (Å²) in [6.07, 6.45) is 0. The molecule has 0 aliphatic rings. The molecule has 1 aromatic rings. The summed E-state index contributed by atoms with van der Waals surface area (Å²) in [4.78, 5) is 0. The molecule has 0 bridgehead atoms. The highest BCUT2D eigenvalue weighted by molar-refractivity contribution is 5.35. The predicted octanol–water partition coefficient (Wildman–Crippen LogP) is 3.89. The molecule has 0 radical (unpaired) electrons. The van der Waals surface area contributed by atoms with Crippen molar-refractivity contribution in [2.45, 2.75) is 53.0 Å². The molecule has 1 aromatic carbocycles. The Morgan fingerprint density at radius 2 is 1.83 bits per heavy atom.